The number of allylic oxidation sites excluding steroid dienone is 1. The van der Waals surface area contributed by atoms with Gasteiger partial charge in [0, 0.05) is 36.7 Å². The van der Waals surface area contributed by atoms with Crippen LogP contribution < -0.4 is 14.4 Å². The van der Waals surface area contributed by atoms with Crippen molar-refractivity contribution in [3.8, 4) is 11.5 Å². The van der Waals surface area contributed by atoms with Gasteiger partial charge in [0.05, 0.1) is 25.6 Å². The fourth-order valence-corrected chi connectivity index (χ4v) is 7.43. The first-order valence-corrected chi connectivity index (χ1v) is 17.2. The molecule has 45 heavy (non-hydrogen) atoms. The molecular weight excluding hydrogens is 577 g/mol. The zero-order valence-electron chi connectivity index (χ0n) is 26.6. The Morgan fingerprint density at radius 2 is 1.71 bits per heavy atom. The Balaban J connectivity index is 0.988. The minimum absolute atomic E-state index is 0.498. The number of nitrogens with zero attached hydrogens (tertiary/aromatic N) is 4. The van der Waals surface area contributed by atoms with Gasteiger partial charge in [-0.15, -0.1) is 0 Å². The Bertz CT molecular complexity index is 1770. The van der Waals surface area contributed by atoms with E-state index < -0.39 is 0 Å². The number of ether oxygens (including phenoxy) is 2. The van der Waals surface area contributed by atoms with Crippen LogP contribution in [0.4, 0.5) is 5.69 Å². The van der Waals surface area contributed by atoms with Crippen molar-refractivity contribution in [1.82, 2.24) is 14.6 Å². The van der Waals surface area contributed by atoms with Crippen LogP contribution in [-0.2, 0) is 32.1 Å². The van der Waals surface area contributed by atoms with Crippen molar-refractivity contribution in [1.29, 1.82) is 0 Å². The highest BCUT2D eigenvalue weighted by atomic mass is 32.1. The highest BCUT2D eigenvalue weighted by Crippen LogP contribution is 2.38. The minimum Gasteiger partial charge on any atom is -0.497 e. The summed E-state index contributed by atoms with van der Waals surface area (Å²) in [5.41, 5.74) is 10.2. The fourth-order valence-electron chi connectivity index (χ4n) is 6.61. The molecule has 232 valence electrons. The quantitative estimate of drug-likeness (QED) is 0.150. The second kappa shape index (κ2) is 13.1. The summed E-state index contributed by atoms with van der Waals surface area (Å²) >= 11 is 1.68. The summed E-state index contributed by atoms with van der Waals surface area (Å²) in [5, 5.41) is 5.79. The number of hydrogen-bond donors (Lipinski definition) is 0. The molecule has 1 aliphatic carbocycles. The Hall–Kier alpha value is -4.10. The SMILES string of the molecule is CCc1cc2c(c(OCC3CCCN(c4ccc(CCc5ccc(OC)cc5)cc4)C3)c1)C=C(c1cn3nc(CC)sc3n1)C2. The van der Waals surface area contributed by atoms with Crippen LogP contribution in [0.2, 0.25) is 0 Å². The van der Waals surface area contributed by atoms with Gasteiger partial charge in [-0.05, 0) is 103 Å². The summed E-state index contributed by atoms with van der Waals surface area (Å²) in [5.74, 6) is 2.43. The van der Waals surface area contributed by atoms with Gasteiger partial charge in [0.1, 0.15) is 16.5 Å². The number of hydrogen-bond acceptors (Lipinski definition) is 6. The minimum atomic E-state index is 0.498. The molecule has 0 bridgehead atoms. The van der Waals surface area contributed by atoms with E-state index in [1.165, 1.54) is 51.9 Å². The second-order valence-corrected chi connectivity index (χ2v) is 13.4. The van der Waals surface area contributed by atoms with E-state index in [1.54, 1.807) is 18.4 Å². The lowest BCUT2D eigenvalue weighted by Gasteiger charge is -2.34. The Labute approximate surface area is 270 Å². The summed E-state index contributed by atoms with van der Waals surface area (Å²) in [7, 11) is 1.71. The summed E-state index contributed by atoms with van der Waals surface area (Å²) in [6.45, 7) is 7.23. The van der Waals surface area contributed by atoms with E-state index in [0.717, 1.165) is 79.0 Å². The smallest absolute Gasteiger partial charge is 0.212 e. The lowest BCUT2D eigenvalue weighted by Crippen LogP contribution is -2.37. The highest BCUT2D eigenvalue weighted by molar-refractivity contribution is 7.16. The number of methoxy groups -OCH3 is 1. The monoisotopic (exact) mass is 618 g/mol. The number of aryl methyl sites for hydroxylation is 4. The molecule has 2 aromatic heterocycles. The van der Waals surface area contributed by atoms with Crippen molar-refractivity contribution < 1.29 is 9.47 Å². The third kappa shape index (κ3) is 6.50. The van der Waals surface area contributed by atoms with Crippen LogP contribution in [0, 0.1) is 5.92 Å². The summed E-state index contributed by atoms with van der Waals surface area (Å²) in [6.07, 6.45) is 11.7. The first-order chi connectivity index (χ1) is 22.1. The largest absolute Gasteiger partial charge is 0.497 e. The predicted octanol–water partition coefficient (Wildman–Crippen LogP) is 8.10. The number of piperidine rings is 1. The van der Waals surface area contributed by atoms with E-state index in [4.69, 9.17) is 14.5 Å². The van der Waals surface area contributed by atoms with Gasteiger partial charge in [0.15, 0.2) is 0 Å². The molecule has 3 aromatic carbocycles. The number of rotatable bonds is 11. The summed E-state index contributed by atoms with van der Waals surface area (Å²) in [6, 6.07) is 22.2. The van der Waals surface area contributed by atoms with Gasteiger partial charge in [-0.2, -0.15) is 5.10 Å². The second-order valence-electron chi connectivity index (χ2n) is 12.3. The maximum absolute atomic E-state index is 6.67. The van der Waals surface area contributed by atoms with E-state index in [9.17, 15) is 0 Å². The molecule has 3 heterocycles. The van der Waals surface area contributed by atoms with Crippen LogP contribution >= 0.6 is 11.3 Å². The summed E-state index contributed by atoms with van der Waals surface area (Å²) < 4.78 is 13.9. The molecule has 7 rings (SSSR count). The third-order valence-electron chi connectivity index (χ3n) is 9.27. The molecule has 5 aromatic rings. The van der Waals surface area contributed by atoms with Crippen molar-refractivity contribution >= 4 is 33.6 Å². The van der Waals surface area contributed by atoms with Crippen LogP contribution in [0.15, 0.2) is 66.9 Å². The maximum Gasteiger partial charge on any atom is 0.212 e. The van der Waals surface area contributed by atoms with Crippen molar-refractivity contribution in [2.45, 2.75) is 58.8 Å². The van der Waals surface area contributed by atoms with Gasteiger partial charge >= 0.3 is 0 Å². The van der Waals surface area contributed by atoms with Gasteiger partial charge in [-0.1, -0.05) is 55.5 Å². The molecule has 1 aliphatic heterocycles. The average Bonchev–Trinajstić information content (AvgIpc) is 3.80. The zero-order valence-corrected chi connectivity index (χ0v) is 27.4. The predicted molar refractivity (Wildman–Crippen MR) is 185 cm³/mol. The van der Waals surface area contributed by atoms with Crippen LogP contribution in [0.25, 0.3) is 16.6 Å². The molecule has 1 unspecified atom stereocenters. The van der Waals surface area contributed by atoms with Gasteiger partial charge in [-0.25, -0.2) is 9.50 Å². The molecular formula is C38H42N4O2S. The highest BCUT2D eigenvalue weighted by Gasteiger charge is 2.24. The molecule has 6 nitrogen and oxygen atoms in total. The molecule has 0 spiro atoms. The number of aromatic nitrogens is 3. The average molecular weight is 619 g/mol. The molecule has 0 N–H and O–H groups in total. The van der Waals surface area contributed by atoms with E-state index >= 15 is 0 Å². The topological polar surface area (TPSA) is 51.9 Å². The zero-order chi connectivity index (χ0) is 30.8. The molecule has 1 saturated heterocycles. The molecule has 0 saturated carbocycles. The fraction of sp³-hybridized carbons (Fsp3) is 0.368. The van der Waals surface area contributed by atoms with Gasteiger partial charge in [-0.3, -0.25) is 0 Å². The van der Waals surface area contributed by atoms with E-state index in [1.807, 2.05) is 16.6 Å². The van der Waals surface area contributed by atoms with Crippen LogP contribution in [0.5, 0.6) is 11.5 Å². The molecule has 7 heteroatoms. The lowest BCUT2D eigenvalue weighted by molar-refractivity contribution is 0.228. The van der Waals surface area contributed by atoms with E-state index in [-0.39, 0.29) is 0 Å². The number of benzene rings is 3. The standard InChI is InChI=1S/C38H42N4O2S/c1-4-26-19-30-21-31(35-24-42-38(39-35)45-37(5-2)40-42)22-34(30)36(20-26)44-25-29-7-6-18-41(23-29)32-14-10-27(11-15-32)8-9-28-12-16-33(43-3)17-13-28/h10-17,19-20,22,24,29H,4-9,18,21,23,25H2,1-3H3. The van der Waals surface area contributed by atoms with Gasteiger partial charge in [0.25, 0.3) is 0 Å². The molecule has 2 aliphatic rings. The molecule has 1 atom stereocenters. The van der Waals surface area contributed by atoms with Crippen molar-refractivity contribution in [2.75, 3.05) is 31.7 Å². The maximum atomic E-state index is 6.67. The first kappa shape index (κ1) is 29.6. The van der Waals surface area contributed by atoms with Gasteiger partial charge < -0.3 is 14.4 Å². The number of imidazole rings is 1. The van der Waals surface area contributed by atoms with E-state index in [0.29, 0.717) is 5.92 Å². The Morgan fingerprint density at radius 3 is 2.42 bits per heavy atom. The molecule has 0 amide bonds. The Kier molecular flexibility index (Phi) is 8.61. The molecule has 1 fully saturated rings. The number of anilines is 1. The van der Waals surface area contributed by atoms with Crippen molar-refractivity contribution in [3.63, 3.8) is 0 Å². The van der Waals surface area contributed by atoms with Crippen LogP contribution in [-0.4, -0.2) is 41.4 Å². The normalized spacial score (nSPS) is 16.2. The van der Waals surface area contributed by atoms with Crippen molar-refractivity contribution in [2.24, 2.45) is 5.92 Å². The van der Waals surface area contributed by atoms with Gasteiger partial charge in [0.2, 0.25) is 4.96 Å². The Morgan fingerprint density at radius 1 is 0.933 bits per heavy atom. The van der Waals surface area contributed by atoms with Crippen molar-refractivity contribution in [3.05, 3.63) is 105 Å². The van der Waals surface area contributed by atoms with Crippen LogP contribution in [0.3, 0.4) is 0 Å². The third-order valence-corrected chi connectivity index (χ3v) is 10.3. The van der Waals surface area contributed by atoms with Crippen LogP contribution in [0.1, 0.15) is 65.2 Å². The number of fused-ring (bicyclic) bond motifs is 2. The lowest BCUT2D eigenvalue weighted by atomic mass is 9.97. The first-order valence-electron chi connectivity index (χ1n) is 16.4. The molecule has 0 radical (unpaired) electrons. The van der Waals surface area contributed by atoms with E-state index in [2.05, 4.69) is 84.6 Å². The summed E-state index contributed by atoms with van der Waals surface area (Å²) in [4.78, 5) is 8.42.